The predicted molar refractivity (Wildman–Crippen MR) is 88.5 cm³/mol. The molecule has 2 aromatic rings. The van der Waals surface area contributed by atoms with Gasteiger partial charge in [0.2, 0.25) is 0 Å². The van der Waals surface area contributed by atoms with Crippen molar-refractivity contribution >= 4 is 23.3 Å². The fourth-order valence-electron chi connectivity index (χ4n) is 2.20. The molecule has 0 aliphatic rings. The maximum Gasteiger partial charge on any atom is 0.178 e. The lowest BCUT2D eigenvalue weighted by molar-refractivity contribution is 0.103. The van der Waals surface area contributed by atoms with E-state index in [0.29, 0.717) is 17.3 Å². The summed E-state index contributed by atoms with van der Waals surface area (Å²) in [6, 6.07) is 6.01. The summed E-state index contributed by atoms with van der Waals surface area (Å²) in [5, 5.41) is 0. The summed E-state index contributed by atoms with van der Waals surface area (Å²) >= 11 is 5.42. The number of para-hydroxylation sites is 1. The number of nitrogens with zero attached hydrogens (tertiary/aromatic N) is 1. The van der Waals surface area contributed by atoms with Gasteiger partial charge in [0.05, 0.1) is 18.2 Å². The minimum Gasteiger partial charge on any atom is -0.489 e. The van der Waals surface area contributed by atoms with E-state index in [1.807, 2.05) is 26.0 Å². The van der Waals surface area contributed by atoms with Gasteiger partial charge in [-0.05, 0) is 44.1 Å². The molecule has 5 heteroatoms. The minimum absolute atomic E-state index is 0.135. The number of hydrogen-bond acceptors (Lipinski definition) is 3. The van der Waals surface area contributed by atoms with Crippen LogP contribution in [0.4, 0.5) is 0 Å². The third kappa shape index (κ3) is 4.08. The molecular weight excluding hydrogens is 284 g/mol. The molecule has 0 amide bonds. The molecular formula is C16H24N2O2S. The standard InChI is InChI=1S/C16H24N2O2S/c1-11(2)10-19-9-8-18-13-6-5-7-14(20-12(3)4)15(13)17-16(18)21/h5-7,11-12H,8-10H2,1-4H3,(H,17,21). The highest BCUT2D eigenvalue weighted by Crippen LogP contribution is 2.25. The monoisotopic (exact) mass is 308 g/mol. The van der Waals surface area contributed by atoms with Gasteiger partial charge in [0.25, 0.3) is 0 Å². The topological polar surface area (TPSA) is 39.2 Å². The Balaban J connectivity index is 2.20. The molecule has 0 saturated heterocycles. The number of rotatable bonds is 7. The average molecular weight is 308 g/mol. The van der Waals surface area contributed by atoms with Crippen LogP contribution in [-0.4, -0.2) is 28.9 Å². The first-order chi connectivity index (χ1) is 9.99. The zero-order valence-electron chi connectivity index (χ0n) is 13.2. The maximum atomic E-state index is 5.83. The molecule has 4 nitrogen and oxygen atoms in total. The molecule has 0 unspecified atom stereocenters. The van der Waals surface area contributed by atoms with Crippen molar-refractivity contribution in [2.75, 3.05) is 13.2 Å². The molecule has 21 heavy (non-hydrogen) atoms. The molecule has 0 saturated carbocycles. The van der Waals surface area contributed by atoms with Crippen molar-refractivity contribution in [2.24, 2.45) is 5.92 Å². The van der Waals surface area contributed by atoms with E-state index in [1.165, 1.54) is 0 Å². The lowest BCUT2D eigenvalue weighted by Gasteiger charge is -2.11. The Morgan fingerprint density at radius 1 is 1.24 bits per heavy atom. The third-order valence-electron chi connectivity index (χ3n) is 3.05. The van der Waals surface area contributed by atoms with Crippen LogP contribution in [0.15, 0.2) is 18.2 Å². The second kappa shape index (κ2) is 7.09. The Morgan fingerprint density at radius 3 is 2.67 bits per heavy atom. The van der Waals surface area contributed by atoms with Crippen LogP contribution in [0.5, 0.6) is 5.75 Å². The fourth-order valence-corrected chi connectivity index (χ4v) is 2.49. The number of aromatic nitrogens is 2. The van der Waals surface area contributed by atoms with Gasteiger partial charge in [-0.1, -0.05) is 19.9 Å². The van der Waals surface area contributed by atoms with Gasteiger partial charge in [-0.2, -0.15) is 0 Å². The molecule has 2 rings (SSSR count). The van der Waals surface area contributed by atoms with Crippen LogP contribution < -0.4 is 4.74 Å². The first-order valence-electron chi connectivity index (χ1n) is 7.45. The summed E-state index contributed by atoms with van der Waals surface area (Å²) in [4.78, 5) is 3.25. The van der Waals surface area contributed by atoms with Crippen LogP contribution >= 0.6 is 12.2 Å². The van der Waals surface area contributed by atoms with E-state index >= 15 is 0 Å². The quantitative estimate of drug-likeness (QED) is 0.616. The Kier molecular flexibility index (Phi) is 5.42. The van der Waals surface area contributed by atoms with Crippen LogP contribution in [-0.2, 0) is 11.3 Å². The smallest absolute Gasteiger partial charge is 0.178 e. The second-order valence-electron chi connectivity index (χ2n) is 5.87. The van der Waals surface area contributed by atoms with Crippen molar-refractivity contribution in [1.29, 1.82) is 0 Å². The highest BCUT2D eigenvalue weighted by molar-refractivity contribution is 7.71. The fraction of sp³-hybridized carbons (Fsp3) is 0.562. The van der Waals surface area contributed by atoms with E-state index < -0.39 is 0 Å². The van der Waals surface area contributed by atoms with Crippen LogP contribution in [0.1, 0.15) is 27.7 Å². The molecule has 1 aromatic heterocycles. The Bertz CT molecular complexity index is 643. The molecule has 0 bridgehead atoms. The molecule has 0 fully saturated rings. The lowest BCUT2D eigenvalue weighted by atomic mass is 10.2. The zero-order valence-corrected chi connectivity index (χ0v) is 14.0. The van der Waals surface area contributed by atoms with Crippen LogP contribution in [0, 0.1) is 10.7 Å². The van der Waals surface area contributed by atoms with Gasteiger partial charge < -0.3 is 19.0 Å². The Morgan fingerprint density at radius 2 is 2.00 bits per heavy atom. The van der Waals surface area contributed by atoms with Crippen molar-refractivity contribution in [3.63, 3.8) is 0 Å². The first kappa shape index (κ1) is 16.0. The van der Waals surface area contributed by atoms with Gasteiger partial charge in [0, 0.05) is 13.2 Å². The molecule has 116 valence electrons. The summed E-state index contributed by atoms with van der Waals surface area (Å²) in [5.74, 6) is 1.39. The third-order valence-corrected chi connectivity index (χ3v) is 3.37. The van der Waals surface area contributed by atoms with Crippen molar-refractivity contribution in [3.05, 3.63) is 23.0 Å². The summed E-state index contributed by atoms with van der Waals surface area (Å²) in [6.07, 6.45) is 0.135. The van der Waals surface area contributed by atoms with Crippen LogP contribution in [0.3, 0.4) is 0 Å². The molecule has 0 spiro atoms. The molecule has 1 N–H and O–H groups in total. The Hall–Kier alpha value is -1.33. The van der Waals surface area contributed by atoms with Crippen molar-refractivity contribution in [2.45, 2.75) is 40.3 Å². The molecule has 1 aromatic carbocycles. The van der Waals surface area contributed by atoms with Gasteiger partial charge in [-0.25, -0.2) is 0 Å². The SMILES string of the molecule is CC(C)COCCn1c(=S)[nH]c2c(OC(C)C)cccc21. The minimum atomic E-state index is 0.135. The van der Waals surface area contributed by atoms with Gasteiger partial charge in [0.1, 0.15) is 11.3 Å². The van der Waals surface area contributed by atoms with Crippen molar-refractivity contribution < 1.29 is 9.47 Å². The predicted octanol–water partition coefficient (Wildman–Crippen LogP) is 4.16. The van der Waals surface area contributed by atoms with Gasteiger partial charge in [-0.3, -0.25) is 0 Å². The first-order valence-corrected chi connectivity index (χ1v) is 7.85. The lowest BCUT2D eigenvalue weighted by Crippen LogP contribution is -2.09. The highest BCUT2D eigenvalue weighted by atomic mass is 32.1. The van der Waals surface area contributed by atoms with E-state index in [4.69, 9.17) is 21.7 Å². The highest BCUT2D eigenvalue weighted by Gasteiger charge is 2.10. The zero-order chi connectivity index (χ0) is 15.4. The van der Waals surface area contributed by atoms with Crippen LogP contribution in [0.25, 0.3) is 11.0 Å². The number of aromatic amines is 1. The molecule has 0 aliphatic carbocycles. The van der Waals surface area contributed by atoms with Crippen molar-refractivity contribution in [1.82, 2.24) is 9.55 Å². The summed E-state index contributed by atoms with van der Waals surface area (Å²) in [7, 11) is 0. The number of ether oxygens (including phenoxy) is 2. The Labute approximate surface area is 131 Å². The normalized spacial score (nSPS) is 11.7. The number of hydrogen-bond donors (Lipinski definition) is 1. The molecule has 0 radical (unpaired) electrons. The summed E-state index contributed by atoms with van der Waals surface area (Å²) in [5.41, 5.74) is 2.02. The van der Waals surface area contributed by atoms with E-state index in [9.17, 15) is 0 Å². The molecule has 1 heterocycles. The largest absolute Gasteiger partial charge is 0.489 e. The van der Waals surface area contributed by atoms with E-state index in [1.54, 1.807) is 0 Å². The van der Waals surface area contributed by atoms with Crippen molar-refractivity contribution in [3.8, 4) is 5.75 Å². The number of fused-ring (bicyclic) bond motifs is 1. The van der Waals surface area contributed by atoms with E-state index in [-0.39, 0.29) is 6.10 Å². The molecule has 0 atom stereocenters. The van der Waals surface area contributed by atoms with E-state index in [2.05, 4.69) is 29.5 Å². The number of imidazole rings is 1. The average Bonchev–Trinajstić information content (AvgIpc) is 2.71. The number of H-pyrrole nitrogens is 1. The summed E-state index contributed by atoms with van der Waals surface area (Å²) in [6.45, 7) is 10.5. The summed E-state index contributed by atoms with van der Waals surface area (Å²) < 4.78 is 14.3. The molecule has 0 aliphatic heterocycles. The van der Waals surface area contributed by atoms with Gasteiger partial charge in [-0.15, -0.1) is 0 Å². The van der Waals surface area contributed by atoms with Crippen LogP contribution in [0.2, 0.25) is 0 Å². The van der Waals surface area contributed by atoms with Gasteiger partial charge >= 0.3 is 0 Å². The van der Waals surface area contributed by atoms with Gasteiger partial charge in [0.15, 0.2) is 4.77 Å². The number of nitrogens with one attached hydrogen (secondary N) is 1. The number of benzene rings is 1. The maximum absolute atomic E-state index is 5.83. The van der Waals surface area contributed by atoms with E-state index in [0.717, 1.165) is 29.9 Å². The second-order valence-corrected chi connectivity index (χ2v) is 6.25.